The Labute approximate surface area is 140 Å². The molecule has 0 atom stereocenters. The van der Waals surface area contributed by atoms with E-state index in [1.54, 1.807) is 12.1 Å². The van der Waals surface area contributed by atoms with Crippen LogP contribution in [0.2, 0.25) is 5.02 Å². The predicted octanol–water partition coefficient (Wildman–Crippen LogP) is 4.18. The smallest absolute Gasteiger partial charge is 0.224 e. The van der Waals surface area contributed by atoms with E-state index >= 15 is 0 Å². The van der Waals surface area contributed by atoms with Crippen LogP contribution < -0.4 is 10.6 Å². The molecule has 0 unspecified atom stereocenters. The number of anilines is 2. The van der Waals surface area contributed by atoms with E-state index in [0.29, 0.717) is 29.2 Å². The Morgan fingerprint density at radius 2 is 1.61 bits per heavy atom. The molecule has 0 fully saturated rings. The average molecular weight is 331 g/mol. The van der Waals surface area contributed by atoms with Crippen LogP contribution in [0.4, 0.5) is 11.4 Å². The summed E-state index contributed by atoms with van der Waals surface area (Å²) in [7, 11) is 0. The molecule has 2 amide bonds. The number of nitrogens with one attached hydrogen (secondary N) is 2. The molecular formula is C18H19ClN2O2. The molecule has 0 aromatic heterocycles. The van der Waals surface area contributed by atoms with Crippen LogP contribution in [0.1, 0.15) is 24.5 Å². The van der Waals surface area contributed by atoms with E-state index in [2.05, 4.69) is 10.6 Å². The third kappa shape index (κ3) is 5.11. The second-order valence-corrected chi connectivity index (χ2v) is 5.77. The van der Waals surface area contributed by atoms with Gasteiger partial charge >= 0.3 is 0 Å². The first kappa shape index (κ1) is 17.0. The number of hydrogen-bond donors (Lipinski definition) is 2. The zero-order valence-electron chi connectivity index (χ0n) is 13.2. The Morgan fingerprint density at radius 1 is 1.00 bits per heavy atom. The van der Waals surface area contributed by atoms with Crippen molar-refractivity contribution in [2.24, 2.45) is 0 Å². The molecule has 0 aliphatic heterocycles. The predicted molar refractivity (Wildman–Crippen MR) is 93.9 cm³/mol. The first-order valence-electron chi connectivity index (χ1n) is 7.37. The van der Waals surface area contributed by atoms with Gasteiger partial charge in [0.25, 0.3) is 0 Å². The Hall–Kier alpha value is -2.33. The zero-order chi connectivity index (χ0) is 16.8. The number of benzene rings is 2. The molecule has 4 nitrogen and oxygen atoms in total. The molecule has 0 aliphatic rings. The highest BCUT2D eigenvalue weighted by Crippen LogP contribution is 2.23. The minimum Gasteiger partial charge on any atom is -0.326 e. The molecule has 0 saturated heterocycles. The first-order valence-corrected chi connectivity index (χ1v) is 7.75. The number of rotatable bonds is 5. The number of hydrogen-bond acceptors (Lipinski definition) is 2. The molecule has 23 heavy (non-hydrogen) atoms. The lowest BCUT2D eigenvalue weighted by molar-refractivity contribution is -0.116. The zero-order valence-corrected chi connectivity index (χ0v) is 13.9. The van der Waals surface area contributed by atoms with Crippen LogP contribution in [0.3, 0.4) is 0 Å². The number of aryl methyl sites for hydroxylation is 1. The molecule has 0 heterocycles. The maximum absolute atomic E-state index is 12.1. The summed E-state index contributed by atoms with van der Waals surface area (Å²) in [6, 6.07) is 12.9. The van der Waals surface area contributed by atoms with Gasteiger partial charge in [-0.1, -0.05) is 29.8 Å². The van der Waals surface area contributed by atoms with Crippen molar-refractivity contribution in [2.75, 3.05) is 10.6 Å². The van der Waals surface area contributed by atoms with Gasteiger partial charge in [0.2, 0.25) is 11.8 Å². The van der Waals surface area contributed by atoms with Crippen LogP contribution in [0.5, 0.6) is 0 Å². The van der Waals surface area contributed by atoms with Gasteiger partial charge in [0.05, 0.1) is 0 Å². The molecule has 2 N–H and O–H groups in total. The lowest BCUT2D eigenvalue weighted by Crippen LogP contribution is -2.14. The van der Waals surface area contributed by atoms with E-state index in [0.717, 1.165) is 11.1 Å². The third-order valence-electron chi connectivity index (χ3n) is 3.47. The quantitative estimate of drug-likeness (QED) is 0.864. The normalized spacial score (nSPS) is 10.2. The van der Waals surface area contributed by atoms with Crippen molar-refractivity contribution in [3.8, 4) is 0 Å². The van der Waals surface area contributed by atoms with Gasteiger partial charge in [-0.25, -0.2) is 0 Å². The maximum Gasteiger partial charge on any atom is 0.224 e. The van der Waals surface area contributed by atoms with Crippen molar-refractivity contribution < 1.29 is 9.59 Å². The number of carbonyl (C=O) groups excluding carboxylic acids is 2. The van der Waals surface area contributed by atoms with Crippen molar-refractivity contribution in [2.45, 2.75) is 26.7 Å². The van der Waals surface area contributed by atoms with Gasteiger partial charge in [0.15, 0.2) is 0 Å². The molecule has 0 saturated carbocycles. The summed E-state index contributed by atoms with van der Waals surface area (Å²) in [5, 5.41) is 6.32. The van der Waals surface area contributed by atoms with Crippen molar-refractivity contribution in [3.05, 3.63) is 58.6 Å². The topological polar surface area (TPSA) is 58.2 Å². The second kappa shape index (κ2) is 7.79. The highest BCUT2D eigenvalue weighted by atomic mass is 35.5. The van der Waals surface area contributed by atoms with Gasteiger partial charge in [-0.15, -0.1) is 0 Å². The fourth-order valence-corrected chi connectivity index (χ4v) is 2.34. The third-order valence-corrected chi connectivity index (χ3v) is 3.72. The summed E-state index contributed by atoms with van der Waals surface area (Å²) in [6.45, 7) is 3.32. The van der Waals surface area contributed by atoms with E-state index in [-0.39, 0.29) is 11.8 Å². The van der Waals surface area contributed by atoms with Gasteiger partial charge in [0.1, 0.15) is 0 Å². The summed E-state index contributed by atoms with van der Waals surface area (Å²) in [6.07, 6.45) is 1.03. The average Bonchev–Trinajstić information content (AvgIpc) is 2.50. The molecular weight excluding hydrogens is 312 g/mol. The molecule has 0 spiro atoms. The highest BCUT2D eigenvalue weighted by Gasteiger charge is 2.08. The molecule has 120 valence electrons. The summed E-state index contributed by atoms with van der Waals surface area (Å²) in [4.78, 5) is 23.3. The molecule has 2 aromatic rings. The standard InChI is InChI=1S/C18H19ClN2O2/c1-12-16(20-13(2)22)4-3-5-17(12)21-18(23)11-8-14-6-9-15(19)10-7-14/h3-7,9-10H,8,11H2,1-2H3,(H,20,22)(H,21,23). The van der Waals surface area contributed by atoms with Crippen molar-refractivity contribution in [1.29, 1.82) is 0 Å². The SMILES string of the molecule is CC(=O)Nc1cccc(NC(=O)CCc2ccc(Cl)cc2)c1C. The summed E-state index contributed by atoms with van der Waals surface area (Å²) in [5.41, 5.74) is 3.31. The fourth-order valence-electron chi connectivity index (χ4n) is 2.22. The van der Waals surface area contributed by atoms with Gasteiger partial charge in [-0.2, -0.15) is 0 Å². The van der Waals surface area contributed by atoms with Crippen molar-refractivity contribution >= 4 is 34.8 Å². The summed E-state index contributed by atoms with van der Waals surface area (Å²) >= 11 is 5.84. The number of amides is 2. The van der Waals surface area contributed by atoms with Crippen molar-refractivity contribution in [1.82, 2.24) is 0 Å². The van der Waals surface area contributed by atoms with E-state index in [9.17, 15) is 9.59 Å². The molecule has 2 aromatic carbocycles. The second-order valence-electron chi connectivity index (χ2n) is 5.33. The van der Waals surface area contributed by atoms with E-state index < -0.39 is 0 Å². The molecule has 0 aliphatic carbocycles. The minimum atomic E-state index is -0.140. The van der Waals surface area contributed by atoms with Gasteiger partial charge < -0.3 is 10.6 Å². The number of carbonyl (C=O) groups is 2. The maximum atomic E-state index is 12.1. The fraction of sp³-hybridized carbons (Fsp3) is 0.222. The Balaban J connectivity index is 1.97. The molecule has 0 radical (unpaired) electrons. The lowest BCUT2D eigenvalue weighted by atomic mass is 10.1. The van der Waals surface area contributed by atoms with Crippen LogP contribution in [0.25, 0.3) is 0 Å². The van der Waals surface area contributed by atoms with Gasteiger partial charge in [-0.3, -0.25) is 9.59 Å². The van der Waals surface area contributed by atoms with Crippen LogP contribution in [-0.2, 0) is 16.0 Å². The van der Waals surface area contributed by atoms with Crippen molar-refractivity contribution in [3.63, 3.8) is 0 Å². The van der Waals surface area contributed by atoms with Crippen LogP contribution in [-0.4, -0.2) is 11.8 Å². The van der Waals surface area contributed by atoms with Gasteiger partial charge in [-0.05, 0) is 48.7 Å². The first-order chi connectivity index (χ1) is 11.0. The van der Waals surface area contributed by atoms with Gasteiger partial charge in [0, 0.05) is 29.7 Å². The molecule has 5 heteroatoms. The minimum absolute atomic E-state index is 0.0666. The Bertz CT molecular complexity index is 711. The van der Waals surface area contributed by atoms with E-state index in [1.165, 1.54) is 6.92 Å². The Kier molecular flexibility index (Phi) is 5.77. The highest BCUT2D eigenvalue weighted by molar-refractivity contribution is 6.30. The van der Waals surface area contributed by atoms with E-state index in [1.807, 2.05) is 37.3 Å². The summed E-state index contributed by atoms with van der Waals surface area (Å²) < 4.78 is 0. The summed E-state index contributed by atoms with van der Waals surface area (Å²) in [5.74, 6) is -0.206. The van der Waals surface area contributed by atoms with Crippen LogP contribution in [0, 0.1) is 6.92 Å². The van der Waals surface area contributed by atoms with Crippen LogP contribution >= 0.6 is 11.6 Å². The largest absolute Gasteiger partial charge is 0.326 e. The van der Waals surface area contributed by atoms with E-state index in [4.69, 9.17) is 11.6 Å². The Morgan fingerprint density at radius 3 is 2.22 bits per heavy atom. The lowest BCUT2D eigenvalue weighted by Gasteiger charge is -2.12. The molecule has 2 rings (SSSR count). The monoisotopic (exact) mass is 330 g/mol. The van der Waals surface area contributed by atoms with Crippen LogP contribution in [0.15, 0.2) is 42.5 Å². The number of halogens is 1. The molecule has 0 bridgehead atoms.